The van der Waals surface area contributed by atoms with Crippen molar-refractivity contribution in [1.29, 1.82) is 0 Å². The molecule has 2 fully saturated rings. The number of ketones is 2. The first-order valence-corrected chi connectivity index (χ1v) is 13.2. The number of aromatic nitrogens is 3. The molecule has 2 saturated heterocycles. The summed E-state index contributed by atoms with van der Waals surface area (Å²) < 4.78 is 6.78. The van der Waals surface area contributed by atoms with E-state index in [1.807, 2.05) is 25.1 Å². The average molecular weight is 538 g/mol. The Kier molecular flexibility index (Phi) is 7.99. The van der Waals surface area contributed by atoms with Crippen LogP contribution < -0.4 is 0 Å². The van der Waals surface area contributed by atoms with Crippen LogP contribution in [-0.2, 0) is 30.5 Å². The molecule has 3 atom stereocenters. The number of Topliss-reactive ketones (excluding diaryl/α,β-unsaturated/α-hetero) is 2. The van der Waals surface area contributed by atoms with E-state index in [1.165, 1.54) is 18.7 Å². The number of ether oxygens (including phenoxy) is 1. The van der Waals surface area contributed by atoms with Crippen molar-refractivity contribution >= 4 is 29.4 Å². The summed E-state index contributed by atoms with van der Waals surface area (Å²) in [6.45, 7) is 8.95. The lowest BCUT2D eigenvalue weighted by Gasteiger charge is -2.50. The number of nitrogens with zero attached hydrogens (tertiary/aromatic N) is 5. The zero-order valence-corrected chi connectivity index (χ0v) is 23.1. The SMILES string of the molecule is CC(=O)O[C@H](C)[C@H](CC(=O)CN1CC2(CCCN2C(=O)c2nnn(Cc3cccc(C)c3)c2C)C1=O)C(C)=O. The molecule has 1 unspecified atom stereocenters. The van der Waals surface area contributed by atoms with Gasteiger partial charge in [-0.15, -0.1) is 5.10 Å². The topological polar surface area (TPSA) is 132 Å². The van der Waals surface area contributed by atoms with E-state index >= 15 is 0 Å². The molecule has 11 nitrogen and oxygen atoms in total. The van der Waals surface area contributed by atoms with Crippen molar-refractivity contribution in [2.45, 2.75) is 72.1 Å². The molecule has 0 bridgehead atoms. The molecule has 0 aliphatic carbocycles. The van der Waals surface area contributed by atoms with Crippen molar-refractivity contribution < 1.29 is 28.7 Å². The Morgan fingerprint density at radius 2 is 1.90 bits per heavy atom. The van der Waals surface area contributed by atoms with Gasteiger partial charge in [0.25, 0.3) is 11.8 Å². The van der Waals surface area contributed by atoms with E-state index in [9.17, 15) is 24.0 Å². The van der Waals surface area contributed by atoms with Gasteiger partial charge in [-0.05, 0) is 46.1 Å². The number of carbonyl (C=O) groups is 5. The van der Waals surface area contributed by atoms with E-state index in [0.717, 1.165) is 11.1 Å². The average Bonchev–Trinajstić information content (AvgIpc) is 3.46. The van der Waals surface area contributed by atoms with Gasteiger partial charge in [-0.2, -0.15) is 0 Å². The molecule has 39 heavy (non-hydrogen) atoms. The summed E-state index contributed by atoms with van der Waals surface area (Å²) in [5, 5.41) is 8.35. The Morgan fingerprint density at radius 3 is 2.54 bits per heavy atom. The van der Waals surface area contributed by atoms with Crippen LogP contribution in [0.25, 0.3) is 0 Å². The highest BCUT2D eigenvalue weighted by atomic mass is 16.5. The first-order chi connectivity index (χ1) is 18.4. The van der Waals surface area contributed by atoms with Gasteiger partial charge in [-0.1, -0.05) is 35.0 Å². The van der Waals surface area contributed by atoms with Gasteiger partial charge < -0.3 is 14.5 Å². The molecule has 0 radical (unpaired) electrons. The van der Waals surface area contributed by atoms with Crippen LogP contribution in [0, 0.1) is 19.8 Å². The maximum atomic E-state index is 13.5. The van der Waals surface area contributed by atoms with E-state index in [1.54, 1.807) is 23.4 Å². The lowest BCUT2D eigenvalue weighted by molar-refractivity contribution is -0.161. The fourth-order valence-corrected chi connectivity index (χ4v) is 5.67. The molecule has 0 N–H and O–H groups in total. The van der Waals surface area contributed by atoms with Crippen LogP contribution >= 0.6 is 0 Å². The third-order valence-corrected chi connectivity index (χ3v) is 7.73. The minimum absolute atomic E-state index is 0.132. The molecule has 4 rings (SSSR count). The first kappa shape index (κ1) is 28.1. The number of hydrogen-bond donors (Lipinski definition) is 0. The molecule has 0 saturated carbocycles. The number of hydrogen-bond acceptors (Lipinski definition) is 8. The second-order valence-electron chi connectivity index (χ2n) is 10.7. The minimum Gasteiger partial charge on any atom is -0.462 e. The monoisotopic (exact) mass is 537 g/mol. The largest absolute Gasteiger partial charge is 0.462 e. The summed E-state index contributed by atoms with van der Waals surface area (Å²) in [4.78, 5) is 66.0. The molecule has 1 aromatic carbocycles. The number of likely N-dealkylation sites (tertiary alicyclic amines) is 2. The number of rotatable bonds is 10. The molecule has 1 aromatic heterocycles. The predicted octanol–water partition coefficient (Wildman–Crippen LogP) is 1.88. The van der Waals surface area contributed by atoms with Crippen LogP contribution in [0.15, 0.2) is 24.3 Å². The van der Waals surface area contributed by atoms with Crippen LogP contribution in [0.1, 0.15) is 67.3 Å². The van der Waals surface area contributed by atoms with Crippen LogP contribution in [0.3, 0.4) is 0 Å². The second-order valence-corrected chi connectivity index (χ2v) is 10.7. The van der Waals surface area contributed by atoms with Crippen LogP contribution in [0.2, 0.25) is 0 Å². The highest BCUT2D eigenvalue weighted by molar-refractivity contribution is 6.03. The third kappa shape index (κ3) is 5.62. The summed E-state index contributed by atoms with van der Waals surface area (Å²) in [5.41, 5.74) is 2.02. The number of aryl methyl sites for hydroxylation is 1. The quantitative estimate of drug-likeness (QED) is 0.332. The lowest BCUT2D eigenvalue weighted by atomic mass is 9.84. The van der Waals surface area contributed by atoms with E-state index < -0.39 is 23.5 Å². The standard InChI is InChI=1S/C28H35N5O6/c1-17-8-6-9-22(12-17)14-33-18(2)25(29-30-33)26(37)32-11-7-10-28(32)16-31(27(28)38)15-23(36)13-24(19(3)34)20(4)39-21(5)35/h6,8-9,12,20,24H,7,10-11,13-16H2,1-5H3/t20-,24-,28?/m1/s1. The number of carbonyl (C=O) groups excluding carboxylic acids is 5. The highest BCUT2D eigenvalue weighted by Crippen LogP contribution is 2.40. The van der Waals surface area contributed by atoms with Crippen LogP contribution in [0.4, 0.5) is 0 Å². The summed E-state index contributed by atoms with van der Waals surface area (Å²) in [7, 11) is 0. The van der Waals surface area contributed by atoms with E-state index in [2.05, 4.69) is 16.4 Å². The van der Waals surface area contributed by atoms with Gasteiger partial charge >= 0.3 is 5.97 Å². The van der Waals surface area contributed by atoms with E-state index in [0.29, 0.717) is 31.6 Å². The second kappa shape index (κ2) is 11.1. The van der Waals surface area contributed by atoms with Crippen LogP contribution in [-0.4, -0.2) is 85.4 Å². The first-order valence-electron chi connectivity index (χ1n) is 13.2. The Balaban J connectivity index is 1.41. The molecular formula is C28H35N5O6. The normalized spacial score (nSPS) is 20.1. The zero-order chi connectivity index (χ0) is 28.5. The fraction of sp³-hybridized carbons (Fsp3) is 0.536. The highest BCUT2D eigenvalue weighted by Gasteiger charge is 2.60. The zero-order valence-electron chi connectivity index (χ0n) is 23.1. The number of benzene rings is 1. The van der Waals surface area contributed by atoms with Gasteiger partial charge in [-0.25, -0.2) is 4.68 Å². The Hall–Kier alpha value is -3.89. The summed E-state index contributed by atoms with van der Waals surface area (Å²) in [6, 6.07) is 8.02. The third-order valence-electron chi connectivity index (χ3n) is 7.73. The maximum Gasteiger partial charge on any atom is 0.302 e. The number of amides is 2. The van der Waals surface area contributed by atoms with Crippen molar-refractivity contribution in [3.05, 3.63) is 46.8 Å². The molecule has 3 heterocycles. The maximum absolute atomic E-state index is 13.5. The van der Waals surface area contributed by atoms with Crippen molar-refractivity contribution in [2.24, 2.45) is 5.92 Å². The molecule has 208 valence electrons. The Bertz CT molecular complexity index is 1320. The van der Waals surface area contributed by atoms with Crippen molar-refractivity contribution in [3.63, 3.8) is 0 Å². The molecule has 2 aliphatic rings. The molecule has 1 spiro atoms. The molecular weight excluding hydrogens is 502 g/mol. The van der Waals surface area contributed by atoms with Crippen molar-refractivity contribution in [1.82, 2.24) is 24.8 Å². The number of esters is 1. The Labute approximate surface area is 227 Å². The van der Waals surface area contributed by atoms with Gasteiger partial charge in [0, 0.05) is 19.9 Å². The lowest BCUT2D eigenvalue weighted by Crippen LogP contribution is -2.73. The van der Waals surface area contributed by atoms with Crippen LogP contribution in [0.5, 0.6) is 0 Å². The van der Waals surface area contributed by atoms with Gasteiger partial charge in [0.05, 0.1) is 31.2 Å². The fourth-order valence-electron chi connectivity index (χ4n) is 5.67. The molecule has 11 heteroatoms. The summed E-state index contributed by atoms with van der Waals surface area (Å²) in [6.07, 6.45) is 0.306. The molecule has 2 aliphatic heterocycles. The van der Waals surface area contributed by atoms with Gasteiger partial charge in [0.15, 0.2) is 11.5 Å². The van der Waals surface area contributed by atoms with Crippen molar-refractivity contribution in [2.75, 3.05) is 19.6 Å². The predicted molar refractivity (Wildman–Crippen MR) is 140 cm³/mol. The minimum atomic E-state index is -0.991. The van der Waals surface area contributed by atoms with Gasteiger partial charge in [0.2, 0.25) is 0 Å². The number of β-lactam (4-membered cyclic amide) rings is 1. The summed E-state index contributed by atoms with van der Waals surface area (Å²) in [5.74, 6) is -2.49. The Morgan fingerprint density at radius 1 is 1.15 bits per heavy atom. The van der Waals surface area contributed by atoms with E-state index in [4.69, 9.17) is 4.74 Å². The van der Waals surface area contributed by atoms with Gasteiger partial charge in [-0.3, -0.25) is 24.0 Å². The van der Waals surface area contributed by atoms with Gasteiger partial charge in [0.1, 0.15) is 17.4 Å². The summed E-state index contributed by atoms with van der Waals surface area (Å²) >= 11 is 0. The molecule has 2 amide bonds. The van der Waals surface area contributed by atoms with E-state index in [-0.39, 0.29) is 48.6 Å². The molecule has 2 aromatic rings. The smallest absolute Gasteiger partial charge is 0.302 e. The van der Waals surface area contributed by atoms with Crippen molar-refractivity contribution in [3.8, 4) is 0 Å².